The van der Waals surface area contributed by atoms with Gasteiger partial charge in [-0.2, -0.15) is 0 Å². The Morgan fingerprint density at radius 3 is 0.844 bits per heavy atom. The molecular weight excluding hydrogens is 2010 g/mol. The lowest BCUT2D eigenvalue weighted by Gasteiger charge is -2.29. The fourth-order valence-electron chi connectivity index (χ4n) is 17.1. The molecule has 147 heavy (non-hydrogen) atoms. The van der Waals surface area contributed by atoms with E-state index in [0.29, 0.717) is 54.9 Å². The number of rotatable bonds is 30. The molecule has 0 spiro atoms. The highest BCUT2D eigenvalue weighted by atomic mass is 35.5. The van der Waals surface area contributed by atoms with Crippen molar-refractivity contribution < 1.29 is 114 Å². The minimum absolute atomic E-state index is 0.0116. The largest absolute Gasteiger partial charge is 0.495 e. The summed E-state index contributed by atoms with van der Waals surface area (Å²) in [6.07, 6.45) is 2.63. The van der Waals surface area contributed by atoms with E-state index in [4.69, 9.17) is 103 Å². The van der Waals surface area contributed by atoms with Crippen LogP contribution in [0.2, 0.25) is 15.1 Å². The molecule has 6 aromatic carbocycles. The molecule has 6 N–H and O–H groups in total. The van der Waals surface area contributed by atoms with Gasteiger partial charge in [0.05, 0.1) is 71.0 Å². The van der Waals surface area contributed by atoms with Gasteiger partial charge in [0.15, 0.2) is 18.3 Å². The maximum absolute atomic E-state index is 14.1. The first kappa shape index (κ1) is 117. The summed E-state index contributed by atoms with van der Waals surface area (Å²) in [6, 6.07) is 36.5. The fourth-order valence-corrected chi connectivity index (χ4v) is 20.2. The topological polar surface area (TPSA) is 398 Å². The molecule has 12 rings (SSSR count). The first-order valence-corrected chi connectivity index (χ1v) is 53.9. The Labute approximate surface area is 888 Å². The molecule has 0 radical (unpaired) electrons. The monoisotopic (exact) mass is 2140 g/mol. The number of cyclic esters (lactones) is 6. The molecule has 30 nitrogen and oxygen atoms in total. The van der Waals surface area contributed by atoms with Crippen LogP contribution in [0.15, 0.2) is 164 Å². The molecular formula is C111H138Cl4N6O24S2. The molecule has 6 aromatic rings. The molecule has 6 aliphatic heterocycles. The van der Waals surface area contributed by atoms with Crippen molar-refractivity contribution >= 4 is 139 Å². The Hall–Kier alpha value is -10.7. The molecule has 3 fully saturated rings. The van der Waals surface area contributed by atoms with E-state index in [1.54, 1.807) is 136 Å². The van der Waals surface area contributed by atoms with Crippen LogP contribution in [0.5, 0.6) is 17.2 Å². The number of hydrogen-bond acceptors (Lipinski definition) is 26. The predicted octanol–water partition coefficient (Wildman–Crippen LogP) is 17.5. The molecule has 3 saturated heterocycles. The number of carbonyl (C=O) groups is 12. The van der Waals surface area contributed by atoms with Crippen LogP contribution in [-0.2, 0) is 137 Å². The minimum atomic E-state index is -1.26. The number of halogens is 4. The van der Waals surface area contributed by atoms with E-state index < -0.39 is 142 Å². The van der Waals surface area contributed by atoms with Crippen molar-refractivity contribution in [1.82, 2.24) is 31.9 Å². The minimum Gasteiger partial charge on any atom is -0.495 e. The SMILES string of the molecule is COc1ccc(C[C@H]2NC(=O)/C=C/C[C@@H]([C@H](C)[C@H]3O[C@@H]3c3ccc(CCl)cc3)OC(=O)[C@H](CC(C)C)OC(=O)C(C)(C)CNC2=O)cc1Cl.COc1ccc(C[C@H]2NC(=O)/C=C/C[C@@H]([C@H](C)[C@H]3O[C@@H]3c3ccc(CSSCc4ccc([C@H]5O[C@@H]5[C@@H](C)[C@@H]5C/C=C/C(=O)N[C@H](Cc6ccc(OC)c(Cl)c6)C(=O)NCC(C)(C)C(=O)O[C@@H](CC(C)C)C(=O)O5)cc4)cc3)OC(=O)[C@H](CC(C)C)OC(=O)C(C)(C)CNC2=O)cc1Cl. The summed E-state index contributed by atoms with van der Waals surface area (Å²) in [7, 11) is 7.96. The average molecular weight is 2150 g/mol. The highest BCUT2D eigenvalue weighted by Gasteiger charge is 2.52. The normalized spacial score (nSPS) is 26.3. The number of benzene rings is 6. The summed E-state index contributed by atoms with van der Waals surface area (Å²) in [5.74, 6) is -5.08. The summed E-state index contributed by atoms with van der Waals surface area (Å²) in [5, 5.41) is 17.8. The average Bonchev–Trinajstić information content (AvgIpc) is 1.63. The zero-order valence-corrected chi connectivity index (χ0v) is 91.1. The number of alkyl halides is 1. The molecule has 18 atom stereocenters. The first-order valence-electron chi connectivity index (χ1n) is 49.7. The Morgan fingerprint density at radius 2 is 0.605 bits per heavy atom. The third-order valence-corrected chi connectivity index (χ3v) is 29.9. The molecule has 6 heterocycles. The molecule has 0 bridgehead atoms. The van der Waals surface area contributed by atoms with Gasteiger partial charge in [0.1, 0.15) is 72.0 Å². The van der Waals surface area contributed by atoms with Gasteiger partial charge in [0.25, 0.3) is 0 Å². The van der Waals surface area contributed by atoms with Crippen molar-refractivity contribution in [2.45, 2.75) is 270 Å². The Bertz CT molecular complexity index is 5480. The number of nitrogens with one attached hydrogen (secondary N) is 6. The van der Waals surface area contributed by atoms with Gasteiger partial charge in [-0.15, -0.1) is 11.6 Å². The molecule has 0 aliphatic carbocycles. The maximum Gasteiger partial charge on any atom is 0.347 e. The zero-order chi connectivity index (χ0) is 107. The number of esters is 6. The number of methoxy groups -OCH3 is 3. The van der Waals surface area contributed by atoms with Crippen molar-refractivity contribution in [1.29, 1.82) is 0 Å². The van der Waals surface area contributed by atoms with Gasteiger partial charge >= 0.3 is 35.8 Å². The molecule has 36 heteroatoms. The second-order valence-corrected chi connectivity index (χ2v) is 45.4. The van der Waals surface area contributed by atoms with Gasteiger partial charge in [-0.25, -0.2) is 14.4 Å². The van der Waals surface area contributed by atoms with Crippen LogP contribution in [0, 0.1) is 51.8 Å². The van der Waals surface area contributed by atoms with Crippen LogP contribution in [0.25, 0.3) is 0 Å². The number of epoxide rings is 3. The quantitative estimate of drug-likeness (QED) is 0.00609. The van der Waals surface area contributed by atoms with Gasteiger partial charge in [0, 0.05) is 93.3 Å². The van der Waals surface area contributed by atoms with E-state index >= 15 is 0 Å². The van der Waals surface area contributed by atoms with Gasteiger partial charge in [-0.05, 0) is 183 Å². The molecule has 6 amide bonds. The molecule has 0 unspecified atom stereocenters. The van der Waals surface area contributed by atoms with Crippen LogP contribution < -0.4 is 46.1 Å². The highest BCUT2D eigenvalue weighted by molar-refractivity contribution is 8.76. The van der Waals surface area contributed by atoms with Crippen LogP contribution in [-0.4, -0.2) is 185 Å². The third kappa shape index (κ3) is 34.2. The number of hydrogen-bond donors (Lipinski definition) is 6. The van der Waals surface area contributed by atoms with E-state index in [-0.39, 0.29) is 150 Å². The molecule has 796 valence electrons. The molecule has 0 aromatic heterocycles. The van der Waals surface area contributed by atoms with Gasteiger partial charge < -0.3 is 88.7 Å². The lowest BCUT2D eigenvalue weighted by atomic mass is 9.92. The van der Waals surface area contributed by atoms with Crippen LogP contribution in [0.3, 0.4) is 0 Å². The van der Waals surface area contributed by atoms with Crippen molar-refractivity contribution in [3.8, 4) is 17.2 Å². The fraction of sp³-hybridized carbons (Fsp3) is 0.514. The van der Waals surface area contributed by atoms with E-state index in [9.17, 15) is 57.5 Å². The maximum atomic E-state index is 14.1. The van der Waals surface area contributed by atoms with Crippen molar-refractivity contribution in [3.05, 3.63) is 229 Å². The number of carbonyl (C=O) groups excluding carboxylic acids is 12. The molecule has 0 saturated carbocycles. The number of ether oxygens (including phenoxy) is 12. The molecule has 6 aliphatic rings. The number of amides is 6. The van der Waals surface area contributed by atoms with Crippen LogP contribution >= 0.6 is 68.0 Å². The second kappa shape index (κ2) is 53.7. The van der Waals surface area contributed by atoms with E-state index in [0.717, 1.165) is 44.9 Å². The lowest BCUT2D eigenvalue weighted by Crippen LogP contribution is -2.51. The zero-order valence-electron chi connectivity index (χ0n) is 86.4. The Kier molecular flexibility index (Phi) is 42.6. The highest BCUT2D eigenvalue weighted by Crippen LogP contribution is 2.49. The summed E-state index contributed by atoms with van der Waals surface area (Å²) < 4.78 is 70.5. The van der Waals surface area contributed by atoms with Crippen LogP contribution in [0.4, 0.5) is 0 Å². The second-order valence-electron chi connectivity index (χ2n) is 41.4. The lowest BCUT2D eigenvalue weighted by molar-refractivity contribution is -0.179. The van der Waals surface area contributed by atoms with Crippen molar-refractivity contribution in [2.75, 3.05) is 41.0 Å². The van der Waals surface area contributed by atoms with Crippen molar-refractivity contribution in [3.63, 3.8) is 0 Å². The van der Waals surface area contributed by atoms with E-state index in [1.807, 2.05) is 111 Å². The van der Waals surface area contributed by atoms with Crippen molar-refractivity contribution in [2.24, 2.45) is 51.8 Å². The third-order valence-electron chi connectivity index (χ3n) is 26.5. The van der Waals surface area contributed by atoms with Gasteiger partial charge in [-0.1, -0.05) is 228 Å². The Morgan fingerprint density at radius 1 is 0.354 bits per heavy atom. The van der Waals surface area contributed by atoms with Gasteiger partial charge in [-0.3, -0.25) is 43.2 Å². The summed E-state index contributed by atoms with van der Waals surface area (Å²) in [5.41, 5.74) is 4.42. The standard InChI is InChI=1S/C74H92Cl2N4O16S2.C37H46Cl2N2O8/c1-41(2)31-59-69(85)91-55(15-13-17-61(81)79-53(35-47-23-29-57(89-11)51(75)33-47)67(83)77-39-73(7,8)71(87)93-59)43(5)63-65(95-63)49-25-19-45(20-26-49)37-97-98-38-46-21-27-50(28-22-46)66-64(96-66)44(6)56-16-14-18-62(82)80-54(36-48-24-30-58(90-12)52(76)34-48)68(84)78-40-74(9,10)72(88)94-60(32-42(3)4)70(86)92-56;1-21(2)16-30-35(44)47-28(22(3)32-33(49-32)25-13-10-23(19-38)11-14-25)8-7-9-31(42)41-27(18-24-12-15-29(46-6)26(39)17-24)34(43)40-20-37(4,5)36(45)48-30/h13-14,17-30,33-34,41-44,53-56,59-60,63-66H,15-16,31-32,35-40H2,1-12H3,(H,77,83)(H,78,84)(H,79,81)(H,80,82);7,9-15,17,21-22,27-28,30,32-33H,8,16,18-20H2,1-6H3,(H,40,43)(H,41,42)/b17-13+,18-14+;9-7+/t43-,44-,53+,54+,55-,56-,59-,60-,63+,64+,65+,66+;22-,27+,28-,30-,32+,33+/m00/s1. The predicted molar refractivity (Wildman–Crippen MR) is 562 cm³/mol. The summed E-state index contributed by atoms with van der Waals surface area (Å²) in [6.45, 7) is 26.6. The summed E-state index contributed by atoms with van der Waals surface area (Å²) >= 11 is 25.1. The van der Waals surface area contributed by atoms with E-state index in [1.165, 1.54) is 39.6 Å². The van der Waals surface area contributed by atoms with Gasteiger partial charge in [0.2, 0.25) is 35.4 Å². The first-order chi connectivity index (χ1) is 69.7. The smallest absolute Gasteiger partial charge is 0.347 e. The summed E-state index contributed by atoms with van der Waals surface area (Å²) in [4.78, 5) is 164. The van der Waals surface area contributed by atoms with Crippen LogP contribution in [0.1, 0.15) is 211 Å². The van der Waals surface area contributed by atoms with E-state index in [2.05, 4.69) is 56.2 Å². The Balaban J connectivity index is 0.000000350.